The lowest BCUT2D eigenvalue weighted by Crippen LogP contribution is -2.50. The number of likely N-dealkylation sites (N-methyl/N-ethyl adjacent to an activating group) is 2. The summed E-state index contributed by atoms with van der Waals surface area (Å²) in [5.74, 6) is -0.217. The van der Waals surface area contributed by atoms with Crippen molar-refractivity contribution in [2.75, 3.05) is 47.0 Å². The normalized spacial score (nSPS) is 14.6. The Morgan fingerprint density at radius 2 is 2.00 bits per heavy atom. The summed E-state index contributed by atoms with van der Waals surface area (Å²) in [4.78, 5) is 14.0. The van der Waals surface area contributed by atoms with Gasteiger partial charge in [-0.3, -0.25) is 4.79 Å². The Bertz CT molecular complexity index is 236. The van der Waals surface area contributed by atoms with Gasteiger partial charge in [-0.25, -0.2) is 0 Å². The molecule has 0 aliphatic rings. The first-order valence-corrected chi connectivity index (χ1v) is 6.61. The van der Waals surface area contributed by atoms with Crippen LogP contribution in [0.5, 0.6) is 0 Å². The molecule has 0 aromatic heterocycles. The van der Waals surface area contributed by atoms with Gasteiger partial charge >= 0.3 is 5.97 Å². The molecule has 0 aromatic carbocycles. The van der Waals surface area contributed by atoms with Gasteiger partial charge in [0, 0.05) is 19.7 Å². The summed E-state index contributed by atoms with van der Waals surface area (Å²) < 4.78 is 10.2. The maximum Gasteiger partial charge on any atom is 0.325 e. The van der Waals surface area contributed by atoms with Crippen LogP contribution in [0.15, 0.2) is 0 Å². The Morgan fingerprint density at radius 1 is 1.33 bits per heavy atom. The van der Waals surface area contributed by atoms with Gasteiger partial charge in [0.25, 0.3) is 0 Å². The third-order valence-corrected chi connectivity index (χ3v) is 3.32. The average molecular weight is 260 g/mol. The van der Waals surface area contributed by atoms with Crippen LogP contribution in [0.4, 0.5) is 0 Å². The van der Waals surface area contributed by atoms with Crippen molar-refractivity contribution >= 4 is 5.97 Å². The number of hydrogen-bond donors (Lipinski definition) is 1. The first-order chi connectivity index (χ1) is 8.53. The molecule has 0 rings (SSSR count). The van der Waals surface area contributed by atoms with Crippen molar-refractivity contribution in [1.29, 1.82) is 0 Å². The van der Waals surface area contributed by atoms with Crippen molar-refractivity contribution in [3.63, 3.8) is 0 Å². The first kappa shape index (κ1) is 17.4. The van der Waals surface area contributed by atoms with E-state index < -0.39 is 5.54 Å². The molecule has 0 bridgehead atoms. The Labute approximate surface area is 111 Å². The molecule has 0 spiro atoms. The van der Waals surface area contributed by atoms with E-state index in [9.17, 15) is 4.79 Å². The molecule has 0 aromatic rings. The van der Waals surface area contributed by atoms with E-state index in [2.05, 4.69) is 17.1 Å². The lowest BCUT2D eigenvalue weighted by molar-refractivity contribution is -0.148. The molecule has 0 amide bonds. The highest BCUT2D eigenvalue weighted by molar-refractivity contribution is 5.80. The molecule has 0 aliphatic heterocycles. The molecule has 0 radical (unpaired) electrons. The maximum atomic E-state index is 11.7. The van der Waals surface area contributed by atoms with Gasteiger partial charge in [-0.15, -0.1) is 0 Å². The highest BCUT2D eigenvalue weighted by Crippen LogP contribution is 2.12. The van der Waals surface area contributed by atoms with Crippen molar-refractivity contribution in [3.8, 4) is 0 Å². The van der Waals surface area contributed by atoms with Crippen molar-refractivity contribution < 1.29 is 14.3 Å². The zero-order valence-electron chi connectivity index (χ0n) is 12.4. The Morgan fingerprint density at radius 3 is 2.44 bits per heavy atom. The van der Waals surface area contributed by atoms with E-state index >= 15 is 0 Å². The van der Waals surface area contributed by atoms with Crippen molar-refractivity contribution in [1.82, 2.24) is 10.2 Å². The van der Waals surface area contributed by atoms with Crippen molar-refractivity contribution in [2.45, 2.75) is 32.7 Å². The molecular formula is C13H28N2O3. The summed E-state index contributed by atoms with van der Waals surface area (Å²) in [6.45, 7) is 10.1. The second-order valence-electron chi connectivity index (χ2n) is 4.45. The number of nitrogens with one attached hydrogen (secondary N) is 1. The van der Waals surface area contributed by atoms with E-state index in [-0.39, 0.29) is 5.97 Å². The molecule has 0 fully saturated rings. The van der Waals surface area contributed by atoms with Crippen molar-refractivity contribution in [3.05, 3.63) is 0 Å². The van der Waals surface area contributed by atoms with Gasteiger partial charge in [-0.2, -0.15) is 0 Å². The molecule has 5 nitrogen and oxygen atoms in total. The van der Waals surface area contributed by atoms with Gasteiger partial charge in [0.15, 0.2) is 0 Å². The van der Waals surface area contributed by atoms with Gasteiger partial charge in [0.2, 0.25) is 0 Å². The predicted molar refractivity (Wildman–Crippen MR) is 72.7 cm³/mol. The van der Waals surface area contributed by atoms with E-state index in [1.165, 1.54) is 7.11 Å². The predicted octanol–water partition coefficient (Wildman–Crippen LogP) is 0.886. The van der Waals surface area contributed by atoms with Crippen LogP contribution in [0.25, 0.3) is 0 Å². The fourth-order valence-corrected chi connectivity index (χ4v) is 1.70. The molecule has 108 valence electrons. The quantitative estimate of drug-likeness (QED) is 0.467. The number of rotatable bonds is 10. The largest absolute Gasteiger partial charge is 0.468 e. The lowest BCUT2D eigenvalue weighted by atomic mass is 9.98. The zero-order chi connectivity index (χ0) is 14.0. The van der Waals surface area contributed by atoms with Crippen molar-refractivity contribution in [2.24, 2.45) is 0 Å². The number of esters is 1. The zero-order valence-corrected chi connectivity index (χ0v) is 12.4. The Kier molecular flexibility index (Phi) is 8.97. The van der Waals surface area contributed by atoms with Crippen LogP contribution in [0.2, 0.25) is 0 Å². The fourth-order valence-electron chi connectivity index (χ4n) is 1.70. The summed E-state index contributed by atoms with van der Waals surface area (Å²) in [5, 5.41) is 3.04. The van der Waals surface area contributed by atoms with Gasteiger partial charge in [0.05, 0.1) is 13.7 Å². The monoisotopic (exact) mass is 260 g/mol. The van der Waals surface area contributed by atoms with Crippen LogP contribution in [0.3, 0.4) is 0 Å². The minimum Gasteiger partial charge on any atom is -0.468 e. The number of hydrogen-bond acceptors (Lipinski definition) is 5. The third-order valence-electron chi connectivity index (χ3n) is 3.32. The molecule has 0 saturated heterocycles. The molecule has 18 heavy (non-hydrogen) atoms. The van der Waals surface area contributed by atoms with Gasteiger partial charge in [-0.05, 0) is 33.9 Å². The standard InChI is InChI=1S/C13H28N2O3/c1-6-15(10-11-18-7-2)9-8-13(3,14-4)12(16)17-5/h14H,6-11H2,1-5H3. The highest BCUT2D eigenvalue weighted by Gasteiger charge is 2.32. The van der Waals surface area contributed by atoms with E-state index in [0.29, 0.717) is 0 Å². The minimum atomic E-state index is -0.617. The third kappa shape index (κ3) is 5.80. The lowest BCUT2D eigenvalue weighted by Gasteiger charge is -2.29. The van der Waals surface area contributed by atoms with Gasteiger partial charge in [-0.1, -0.05) is 6.92 Å². The molecule has 0 heterocycles. The van der Waals surface area contributed by atoms with Crippen LogP contribution < -0.4 is 5.32 Å². The van der Waals surface area contributed by atoms with E-state index in [1.807, 2.05) is 13.8 Å². The molecular weight excluding hydrogens is 232 g/mol. The molecule has 1 unspecified atom stereocenters. The molecule has 5 heteroatoms. The smallest absolute Gasteiger partial charge is 0.325 e. The van der Waals surface area contributed by atoms with Crippen LogP contribution in [0.1, 0.15) is 27.2 Å². The summed E-state index contributed by atoms with van der Waals surface area (Å²) in [5.41, 5.74) is -0.617. The Balaban J connectivity index is 4.19. The average Bonchev–Trinajstić information content (AvgIpc) is 2.41. The second kappa shape index (κ2) is 9.30. The summed E-state index contributed by atoms with van der Waals surface area (Å²) in [6, 6.07) is 0. The Hall–Kier alpha value is -0.650. The van der Waals surface area contributed by atoms with Gasteiger partial charge < -0.3 is 19.7 Å². The van der Waals surface area contributed by atoms with Crippen LogP contribution in [0, 0.1) is 0 Å². The minimum absolute atomic E-state index is 0.217. The van der Waals surface area contributed by atoms with Crippen LogP contribution >= 0.6 is 0 Å². The van der Waals surface area contributed by atoms with E-state index in [1.54, 1.807) is 7.05 Å². The molecule has 1 atom stereocenters. The van der Waals surface area contributed by atoms with E-state index in [0.717, 1.165) is 39.3 Å². The summed E-state index contributed by atoms with van der Waals surface area (Å²) in [7, 11) is 3.21. The highest BCUT2D eigenvalue weighted by atomic mass is 16.5. The molecule has 0 saturated carbocycles. The topological polar surface area (TPSA) is 50.8 Å². The number of carbonyl (C=O) groups is 1. The summed E-state index contributed by atoms with van der Waals surface area (Å²) in [6.07, 6.45) is 0.718. The van der Waals surface area contributed by atoms with Gasteiger partial charge in [0.1, 0.15) is 5.54 Å². The number of nitrogens with zero attached hydrogens (tertiary/aromatic N) is 1. The summed E-state index contributed by atoms with van der Waals surface area (Å²) >= 11 is 0. The first-order valence-electron chi connectivity index (χ1n) is 6.61. The fraction of sp³-hybridized carbons (Fsp3) is 0.923. The number of ether oxygens (including phenoxy) is 2. The van der Waals surface area contributed by atoms with Crippen LogP contribution in [-0.4, -0.2) is 63.4 Å². The number of carbonyl (C=O) groups excluding carboxylic acids is 1. The number of methoxy groups -OCH3 is 1. The van der Waals surface area contributed by atoms with E-state index in [4.69, 9.17) is 9.47 Å². The maximum absolute atomic E-state index is 11.7. The molecule has 0 aliphatic carbocycles. The SMILES string of the molecule is CCOCCN(CC)CCC(C)(NC)C(=O)OC. The molecule has 1 N–H and O–H groups in total. The second-order valence-corrected chi connectivity index (χ2v) is 4.45. The van der Waals surface area contributed by atoms with Crippen LogP contribution in [-0.2, 0) is 14.3 Å².